The maximum absolute atomic E-state index is 13.3. The Morgan fingerprint density at radius 2 is 2.05 bits per heavy atom. The van der Waals surface area contributed by atoms with Crippen molar-refractivity contribution >= 4 is 26.8 Å². The Kier molecular flexibility index (Phi) is 3.59. The smallest absolute Gasteiger partial charge is 0.261 e. The van der Waals surface area contributed by atoms with E-state index in [1.807, 2.05) is 13.0 Å². The van der Waals surface area contributed by atoms with E-state index in [1.165, 1.54) is 23.0 Å². The molecule has 0 bridgehead atoms. The molecule has 21 heavy (non-hydrogen) atoms. The topological polar surface area (TPSA) is 34.9 Å². The molecule has 0 radical (unpaired) electrons. The summed E-state index contributed by atoms with van der Waals surface area (Å²) in [5.74, 6) is -0.316. The second-order valence-electron chi connectivity index (χ2n) is 4.85. The lowest BCUT2D eigenvalue weighted by atomic mass is 10.1. The molecule has 1 unspecified atom stereocenters. The summed E-state index contributed by atoms with van der Waals surface area (Å²) in [6.07, 6.45) is 1.51. The van der Waals surface area contributed by atoms with Crippen LogP contribution in [0.2, 0.25) is 0 Å². The average Bonchev–Trinajstić information content (AvgIpc) is 2.47. The van der Waals surface area contributed by atoms with Gasteiger partial charge in [-0.2, -0.15) is 0 Å². The minimum atomic E-state index is -0.316. The predicted molar refractivity (Wildman–Crippen MR) is 83.9 cm³/mol. The zero-order valence-electron chi connectivity index (χ0n) is 11.3. The fraction of sp³-hybridized carbons (Fsp3) is 0.125. The van der Waals surface area contributed by atoms with Gasteiger partial charge in [0, 0.05) is 4.47 Å². The summed E-state index contributed by atoms with van der Waals surface area (Å²) >= 11 is 3.36. The Morgan fingerprint density at radius 1 is 1.24 bits per heavy atom. The van der Waals surface area contributed by atoms with Gasteiger partial charge < -0.3 is 0 Å². The number of nitrogens with zero attached hydrogens (tertiary/aromatic N) is 2. The van der Waals surface area contributed by atoms with Crippen molar-refractivity contribution < 1.29 is 4.39 Å². The van der Waals surface area contributed by atoms with Crippen LogP contribution in [0, 0.1) is 5.82 Å². The van der Waals surface area contributed by atoms with Gasteiger partial charge >= 0.3 is 0 Å². The van der Waals surface area contributed by atoms with Crippen LogP contribution in [-0.4, -0.2) is 9.55 Å². The van der Waals surface area contributed by atoms with Crippen LogP contribution < -0.4 is 5.56 Å². The highest BCUT2D eigenvalue weighted by Gasteiger charge is 2.12. The third-order valence-electron chi connectivity index (χ3n) is 3.49. The first-order valence-corrected chi connectivity index (χ1v) is 7.27. The molecule has 3 rings (SSSR count). The van der Waals surface area contributed by atoms with Crippen LogP contribution in [0.4, 0.5) is 4.39 Å². The van der Waals surface area contributed by atoms with E-state index in [0.29, 0.717) is 10.9 Å². The highest BCUT2D eigenvalue weighted by atomic mass is 79.9. The van der Waals surface area contributed by atoms with Crippen molar-refractivity contribution in [3.8, 4) is 0 Å². The van der Waals surface area contributed by atoms with Crippen molar-refractivity contribution in [3.63, 3.8) is 0 Å². The quantitative estimate of drug-likeness (QED) is 0.705. The monoisotopic (exact) mass is 346 g/mol. The number of benzene rings is 2. The lowest BCUT2D eigenvalue weighted by molar-refractivity contribution is 0.590. The van der Waals surface area contributed by atoms with Gasteiger partial charge in [0.2, 0.25) is 0 Å². The summed E-state index contributed by atoms with van der Waals surface area (Å²) in [4.78, 5) is 16.9. The van der Waals surface area contributed by atoms with Crippen LogP contribution in [0.1, 0.15) is 18.5 Å². The zero-order valence-corrected chi connectivity index (χ0v) is 12.8. The second kappa shape index (κ2) is 5.41. The van der Waals surface area contributed by atoms with Crippen molar-refractivity contribution in [1.82, 2.24) is 9.55 Å². The van der Waals surface area contributed by atoms with Crippen molar-refractivity contribution in [3.05, 3.63) is 75.0 Å². The highest BCUT2D eigenvalue weighted by Crippen LogP contribution is 2.19. The zero-order chi connectivity index (χ0) is 15.0. The molecule has 0 saturated heterocycles. The molecule has 5 heteroatoms. The van der Waals surface area contributed by atoms with Gasteiger partial charge in [0.15, 0.2) is 0 Å². The Balaban J connectivity index is 2.16. The van der Waals surface area contributed by atoms with Crippen LogP contribution in [0.3, 0.4) is 0 Å². The molecule has 1 atom stereocenters. The summed E-state index contributed by atoms with van der Waals surface area (Å²) in [6, 6.07) is 11.3. The Morgan fingerprint density at radius 3 is 2.81 bits per heavy atom. The van der Waals surface area contributed by atoms with Gasteiger partial charge in [-0.15, -0.1) is 0 Å². The van der Waals surface area contributed by atoms with Gasteiger partial charge in [-0.25, -0.2) is 9.37 Å². The summed E-state index contributed by atoms with van der Waals surface area (Å²) < 4.78 is 15.7. The second-order valence-corrected chi connectivity index (χ2v) is 5.77. The number of halogens is 2. The van der Waals surface area contributed by atoms with E-state index in [2.05, 4.69) is 20.9 Å². The fourth-order valence-corrected chi connectivity index (χ4v) is 2.67. The minimum absolute atomic E-state index is 0.141. The van der Waals surface area contributed by atoms with Gasteiger partial charge in [0.25, 0.3) is 5.56 Å². The molecule has 0 aliphatic carbocycles. The summed E-state index contributed by atoms with van der Waals surface area (Å²) in [6.45, 7) is 1.85. The van der Waals surface area contributed by atoms with Crippen LogP contribution in [0.5, 0.6) is 0 Å². The maximum Gasteiger partial charge on any atom is 0.261 e. The fourth-order valence-electron chi connectivity index (χ4n) is 2.31. The molecule has 1 aromatic heterocycles. The Hall–Kier alpha value is -2.01. The maximum atomic E-state index is 13.3. The molecule has 0 fully saturated rings. The molecule has 0 aliphatic heterocycles. The number of rotatable bonds is 2. The van der Waals surface area contributed by atoms with E-state index >= 15 is 0 Å². The molecule has 3 aromatic rings. The van der Waals surface area contributed by atoms with E-state index < -0.39 is 0 Å². The van der Waals surface area contributed by atoms with Gasteiger partial charge in [0.1, 0.15) is 5.82 Å². The van der Waals surface area contributed by atoms with Crippen LogP contribution in [0.15, 0.2) is 58.1 Å². The van der Waals surface area contributed by atoms with Gasteiger partial charge in [0.05, 0.1) is 23.3 Å². The predicted octanol–water partition coefficient (Wildman–Crippen LogP) is 3.91. The first-order valence-electron chi connectivity index (χ1n) is 6.48. The lowest BCUT2D eigenvalue weighted by Gasteiger charge is -2.15. The summed E-state index contributed by atoms with van der Waals surface area (Å²) in [7, 11) is 0. The van der Waals surface area contributed by atoms with Crippen molar-refractivity contribution in [2.75, 3.05) is 0 Å². The van der Waals surface area contributed by atoms with Crippen molar-refractivity contribution in [1.29, 1.82) is 0 Å². The molecule has 0 amide bonds. The number of hydrogen-bond acceptors (Lipinski definition) is 2. The van der Waals surface area contributed by atoms with Crippen LogP contribution >= 0.6 is 15.9 Å². The van der Waals surface area contributed by atoms with Crippen molar-refractivity contribution in [2.45, 2.75) is 13.0 Å². The molecule has 0 N–H and O–H groups in total. The molecule has 0 saturated carbocycles. The normalized spacial score (nSPS) is 12.5. The molecule has 0 spiro atoms. The molecule has 3 nitrogen and oxygen atoms in total. The highest BCUT2D eigenvalue weighted by molar-refractivity contribution is 9.10. The first kappa shape index (κ1) is 13.9. The molecule has 106 valence electrons. The van der Waals surface area contributed by atoms with E-state index in [0.717, 1.165) is 10.0 Å². The van der Waals surface area contributed by atoms with E-state index in [4.69, 9.17) is 0 Å². The molecular formula is C16H12BrFN2O. The first-order chi connectivity index (χ1) is 10.1. The van der Waals surface area contributed by atoms with Gasteiger partial charge in [-0.3, -0.25) is 9.36 Å². The van der Waals surface area contributed by atoms with Crippen LogP contribution in [0.25, 0.3) is 10.9 Å². The largest absolute Gasteiger partial charge is 0.291 e. The number of fused-ring (bicyclic) bond motifs is 1. The number of aromatic nitrogens is 2. The SMILES string of the molecule is CC(c1cccc(F)c1)n1cnc2ccc(Br)cc2c1=O. The Bertz CT molecular complexity index is 876. The molecule has 0 aliphatic rings. The minimum Gasteiger partial charge on any atom is -0.291 e. The molecule has 1 heterocycles. The molecular weight excluding hydrogens is 335 g/mol. The lowest BCUT2D eigenvalue weighted by Crippen LogP contribution is -2.24. The Labute approximate surface area is 129 Å². The molecule has 2 aromatic carbocycles. The standard InChI is InChI=1S/C16H12BrFN2O/c1-10(11-3-2-4-13(18)7-11)20-9-19-15-6-5-12(17)8-14(15)16(20)21/h2-10H,1H3. The third kappa shape index (κ3) is 2.61. The summed E-state index contributed by atoms with van der Waals surface area (Å²) in [5.41, 5.74) is 1.23. The number of hydrogen-bond donors (Lipinski definition) is 0. The van der Waals surface area contributed by atoms with Crippen LogP contribution in [-0.2, 0) is 0 Å². The van der Waals surface area contributed by atoms with Gasteiger partial charge in [-0.1, -0.05) is 28.1 Å². The van der Waals surface area contributed by atoms with E-state index in [9.17, 15) is 9.18 Å². The van der Waals surface area contributed by atoms with E-state index in [1.54, 1.807) is 24.3 Å². The van der Waals surface area contributed by atoms with Gasteiger partial charge in [-0.05, 0) is 42.8 Å². The van der Waals surface area contributed by atoms with Crippen molar-refractivity contribution in [2.24, 2.45) is 0 Å². The summed E-state index contributed by atoms with van der Waals surface area (Å²) in [5, 5.41) is 0.537. The third-order valence-corrected chi connectivity index (χ3v) is 3.99. The van der Waals surface area contributed by atoms with E-state index in [-0.39, 0.29) is 17.4 Å². The average molecular weight is 347 g/mol.